The average molecular weight is 651 g/mol. The number of piperidine rings is 1. The van der Waals surface area contributed by atoms with Crippen LogP contribution in [0.15, 0.2) is 70.5 Å². The van der Waals surface area contributed by atoms with Crippen molar-refractivity contribution in [1.82, 2.24) is 9.80 Å². The maximum absolute atomic E-state index is 14.2. The standard InChI is InChI=1S/C32H37F3N2O5S2/c1-4-37(31(38)19-22-5-9-26(10-6-22)43(2,39)40)25-13-16-36(17-14-25)18-15-28(24-20-29(33)32(35)30(34)21-24)23-7-11-27(12-8-23)44(3,41)42/h5-12,20-21,25,28H,4,13-19H2,1-3H3/t28-/m1/s1. The molecule has 3 aromatic carbocycles. The van der Waals surface area contributed by atoms with Gasteiger partial charge in [-0.15, -0.1) is 0 Å². The highest BCUT2D eigenvalue weighted by atomic mass is 32.2. The van der Waals surface area contributed by atoms with Gasteiger partial charge in [0.05, 0.1) is 16.2 Å². The van der Waals surface area contributed by atoms with Gasteiger partial charge in [0.2, 0.25) is 5.91 Å². The third-order valence-electron chi connectivity index (χ3n) is 8.22. The Morgan fingerprint density at radius 3 is 1.82 bits per heavy atom. The van der Waals surface area contributed by atoms with E-state index in [9.17, 15) is 34.8 Å². The Hall–Kier alpha value is -3.22. The summed E-state index contributed by atoms with van der Waals surface area (Å²) in [5.74, 6) is -4.64. The molecule has 1 aliphatic heterocycles. The number of sulfone groups is 2. The SMILES string of the molecule is CCN(C(=O)Cc1ccc(S(C)(=O)=O)cc1)C1CCN(CC[C@H](c2ccc(S(C)(=O)=O)cc2)c2cc(F)c(F)c(F)c2)CC1. The molecule has 0 aromatic heterocycles. The first-order valence-electron chi connectivity index (χ1n) is 14.4. The maximum Gasteiger partial charge on any atom is 0.227 e. The van der Waals surface area contributed by atoms with E-state index in [1.807, 2.05) is 11.8 Å². The molecule has 1 amide bonds. The topological polar surface area (TPSA) is 91.8 Å². The molecule has 4 rings (SSSR count). The van der Waals surface area contributed by atoms with Crippen molar-refractivity contribution < 1.29 is 34.8 Å². The molecule has 3 aromatic rings. The smallest absolute Gasteiger partial charge is 0.227 e. The first kappa shape index (κ1) is 33.7. The molecule has 1 aliphatic rings. The van der Waals surface area contributed by atoms with Gasteiger partial charge in [0.15, 0.2) is 37.1 Å². The molecule has 0 radical (unpaired) electrons. The predicted molar refractivity (Wildman–Crippen MR) is 162 cm³/mol. The number of carbonyl (C=O) groups excluding carboxylic acids is 1. The fourth-order valence-corrected chi connectivity index (χ4v) is 7.05. The zero-order valence-corrected chi connectivity index (χ0v) is 26.6. The zero-order valence-electron chi connectivity index (χ0n) is 25.0. The Bertz CT molecular complexity index is 1670. The Morgan fingerprint density at radius 1 is 0.841 bits per heavy atom. The Morgan fingerprint density at radius 2 is 1.34 bits per heavy atom. The summed E-state index contributed by atoms with van der Waals surface area (Å²) in [6.45, 7) is 4.43. The summed E-state index contributed by atoms with van der Waals surface area (Å²) in [6, 6.07) is 14.5. The number of rotatable bonds is 11. The van der Waals surface area contributed by atoms with Crippen LogP contribution in [0.3, 0.4) is 0 Å². The highest BCUT2D eigenvalue weighted by Crippen LogP contribution is 2.32. The second kappa shape index (κ2) is 13.8. The van der Waals surface area contributed by atoms with E-state index in [2.05, 4.69) is 4.90 Å². The lowest BCUT2D eigenvalue weighted by Gasteiger charge is -2.38. The number of likely N-dealkylation sites (N-methyl/N-ethyl adjacent to an activating group) is 1. The van der Waals surface area contributed by atoms with Gasteiger partial charge in [0.25, 0.3) is 0 Å². The first-order chi connectivity index (χ1) is 20.7. The molecule has 238 valence electrons. The van der Waals surface area contributed by atoms with Crippen molar-refractivity contribution in [3.8, 4) is 0 Å². The second-order valence-corrected chi connectivity index (χ2v) is 15.4. The number of benzene rings is 3. The van der Waals surface area contributed by atoms with Gasteiger partial charge in [-0.05, 0) is 85.8 Å². The number of hydrogen-bond acceptors (Lipinski definition) is 6. The summed E-state index contributed by atoms with van der Waals surface area (Å²) in [7, 11) is -6.75. The van der Waals surface area contributed by atoms with E-state index < -0.39 is 43.0 Å². The average Bonchev–Trinajstić information content (AvgIpc) is 2.96. The lowest BCUT2D eigenvalue weighted by atomic mass is 9.88. The number of halogens is 3. The Kier molecular flexibility index (Phi) is 10.6. The highest BCUT2D eigenvalue weighted by Gasteiger charge is 2.28. The van der Waals surface area contributed by atoms with Gasteiger partial charge in [-0.25, -0.2) is 30.0 Å². The molecule has 1 heterocycles. The van der Waals surface area contributed by atoms with E-state index in [1.54, 1.807) is 24.3 Å². The largest absolute Gasteiger partial charge is 0.340 e. The first-order valence-corrected chi connectivity index (χ1v) is 18.2. The van der Waals surface area contributed by atoms with Crippen LogP contribution in [0.1, 0.15) is 48.8 Å². The van der Waals surface area contributed by atoms with Crippen LogP contribution in [0.4, 0.5) is 13.2 Å². The molecular formula is C32H37F3N2O5S2. The van der Waals surface area contributed by atoms with Gasteiger partial charge in [0.1, 0.15) is 0 Å². The van der Waals surface area contributed by atoms with Crippen molar-refractivity contribution in [2.75, 3.05) is 38.7 Å². The summed E-state index contributed by atoms with van der Waals surface area (Å²) in [6.07, 6.45) is 4.33. The Balaban J connectivity index is 1.41. The van der Waals surface area contributed by atoms with E-state index >= 15 is 0 Å². The summed E-state index contributed by atoms with van der Waals surface area (Å²) < 4.78 is 89.4. The van der Waals surface area contributed by atoms with E-state index in [1.165, 1.54) is 24.3 Å². The fraction of sp³-hybridized carbons (Fsp3) is 0.406. The molecule has 0 aliphatic carbocycles. The zero-order chi connectivity index (χ0) is 32.2. The molecule has 0 N–H and O–H groups in total. The van der Waals surface area contributed by atoms with Crippen LogP contribution in [-0.4, -0.2) is 77.3 Å². The van der Waals surface area contributed by atoms with Crippen molar-refractivity contribution in [3.63, 3.8) is 0 Å². The fourth-order valence-electron chi connectivity index (χ4n) is 5.78. The van der Waals surface area contributed by atoms with Gasteiger partial charge in [0, 0.05) is 44.1 Å². The molecular weight excluding hydrogens is 613 g/mol. The second-order valence-electron chi connectivity index (χ2n) is 11.3. The Labute approximate surface area is 257 Å². The quantitative estimate of drug-likeness (QED) is 0.272. The van der Waals surface area contributed by atoms with E-state index in [0.29, 0.717) is 38.2 Å². The molecule has 0 saturated carbocycles. The highest BCUT2D eigenvalue weighted by molar-refractivity contribution is 7.91. The lowest BCUT2D eigenvalue weighted by molar-refractivity contribution is -0.133. The van der Waals surface area contributed by atoms with Crippen LogP contribution in [0, 0.1) is 17.5 Å². The molecule has 12 heteroatoms. The van der Waals surface area contributed by atoms with Gasteiger partial charge in [-0.3, -0.25) is 4.79 Å². The maximum atomic E-state index is 14.2. The van der Waals surface area contributed by atoms with Crippen LogP contribution in [0.5, 0.6) is 0 Å². The van der Waals surface area contributed by atoms with E-state index in [-0.39, 0.29) is 33.7 Å². The summed E-state index contributed by atoms with van der Waals surface area (Å²) in [5.41, 5.74) is 1.66. The normalized spacial score (nSPS) is 15.7. The summed E-state index contributed by atoms with van der Waals surface area (Å²) >= 11 is 0. The number of likely N-dealkylation sites (tertiary alicyclic amines) is 1. The van der Waals surface area contributed by atoms with Crippen molar-refractivity contribution >= 4 is 25.6 Å². The van der Waals surface area contributed by atoms with Gasteiger partial charge in [-0.1, -0.05) is 24.3 Å². The molecule has 1 fully saturated rings. The molecule has 0 spiro atoms. The molecule has 1 atom stereocenters. The van der Waals surface area contributed by atoms with Crippen molar-refractivity contribution in [2.24, 2.45) is 0 Å². The van der Waals surface area contributed by atoms with Crippen LogP contribution in [-0.2, 0) is 30.9 Å². The molecule has 1 saturated heterocycles. The van der Waals surface area contributed by atoms with Gasteiger partial charge < -0.3 is 9.80 Å². The van der Waals surface area contributed by atoms with Crippen molar-refractivity contribution in [1.29, 1.82) is 0 Å². The van der Waals surface area contributed by atoms with Crippen LogP contribution >= 0.6 is 0 Å². The number of nitrogens with zero attached hydrogens (tertiary/aromatic N) is 2. The number of amides is 1. The molecule has 7 nitrogen and oxygen atoms in total. The summed E-state index contributed by atoms with van der Waals surface area (Å²) in [4.78, 5) is 17.6. The van der Waals surface area contributed by atoms with Gasteiger partial charge >= 0.3 is 0 Å². The van der Waals surface area contributed by atoms with Crippen molar-refractivity contribution in [2.45, 2.75) is 54.4 Å². The minimum Gasteiger partial charge on any atom is -0.340 e. The predicted octanol–water partition coefficient (Wildman–Crippen LogP) is 4.99. The van der Waals surface area contributed by atoms with Crippen LogP contribution < -0.4 is 0 Å². The third kappa shape index (κ3) is 8.28. The van der Waals surface area contributed by atoms with E-state index in [4.69, 9.17) is 0 Å². The molecule has 0 bridgehead atoms. The number of hydrogen-bond donors (Lipinski definition) is 0. The summed E-state index contributed by atoms with van der Waals surface area (Å²) in [5, 5.41) is 0. The monoisotopic (exact) mass is 650 g/mol. The minimum atomic E-state index is -3.43. The minimum absolute atomic E-state index is 0.0315. The number of carbonyl (C=O) groups is 1. The molecule has 44 heavy (non-hydrogen) atoms. The van der Waals surface area contributed by atoms with E-state index in [0.717, 1.165) is 43.0 Å². The third-order valence-corrected chi connectivity index (χ3v) is 10.5. The van der Waals surface area contributed by atoms with Crippen molar-refractivity contribution in [3.05, 3.63) is 94.8 Å². The van der Waals surface area contributed by atoms with Crippen LogP contribution in [0.25, 0.3) is 0 Å². The van der Waals surface area contributed by atoms with Crippen LogP contribution in [0.2, 0.25) is 0 Å². The van der Waals surface area contributed by atoms with Gasteiger partial charge in [-0.2, -0.15) is 0 Å². The molecule has 0 unspecified atom stereocenters. The lowest BCUT2D eigenvalue weighted by Crippen LogP contribution is -2.48.